The minimum Gasteiger partial charge on any atom is -0.378 e. The van der Waals surface area contributed by atoms with Crippen LogP contribution in [0.5, 0.6) is 0 Å². The second-order valence-corrected chi connectivity index (χ2v) is 6.34. The zero-order valence-corrected chi connectivity index (χ0v) is 10.8. The van der Waals surface area contributed by atoms with Gasteiger partial charge < -0.3 is 14.8 Å². The van der Waals surface area contributed by atoms with Crippen LogP contribution < -0.4 is 5.32 Å². The average Bonchev–Trinajstić information content (AvgIpc) is 2.21. The van der Waals surface area contributed by atoms with Crippen LogP contribution in [0.3, 0.4) is 0 Å². The Hall–Kier alpha value is -0.120. The maximum Gasteiger partial charge on any atom is 0.107 e. The van der Waals surface area contributed by atoms with Crippen LogP contribution in [-0.4, -0.2) is 38.0 Å². The van der Waals surface area contributed by atoms with Crippen molar-refractivity contribution in [2.45, 2.75) is 51.7 Å². The van der Waals surface area contributed by atoms with Crippen molar-refractivity contribution in [3.63, 3.8) is 0 Å². The van der Waals surface area contributed by atoms with Crippen LogP contribution >= 0.6 is 0 Å². The standard InChI is InChI=1S/C13H25NO2/c1-12(2,3)9-11-13(16-8-6-14-11)5-4-7-15-10-13/h11,14H,4-10H2,1-3H3. The lowest BCUT2D eigenvalue weighted by Crippen LogP contribution is -2.62. The Morgan fingerprint density at radius 3 is 2.75 bits per heavy atom. The van der Waals surface area contributed by atoms with Crippen molar-refractivity contribution in [2.24, 2.45) is 5.41 Å². The lowest BCUT2D eigenvalue weighted by Gasteiger charge is -2.48. The van der Waals surface area contributed by atoms with E-state index >= 15 is 0 Å². The summed E-state index contributed by atoms with van der Waals surface area (Å²) in [6.07, 6.45) is 3.42. The zero-order valence-electron chi connectivity index (χ0n) is 10.8. The van der Waals surface area contributed by atoms with E-state index in [1.165, 1.54) is 0 Å². The van der Waals surface area contributed by atoms with Crippen molar-refractivity contribution in [1.29, 1.82) is 0 Å². The van der Waals surface area contributed by atoms with Gasteiger partial charge in [0.15, 0.2) is 0 Å². The van der Waals surface area contributed by atoms with Gasteiger partial charge in [-0.25, -0.2) is 0 Å². The summed E-state index contributed by atoms with van der Waals surface area (Å²) in [6.45, 7) is 10.3. The molecule has 2 saturated heterocycles. The van der Waals surface area contributed by atoms with Gasteiger partial charge in [0, 0.05) is 19.2 Å². The number of morpholine rings is 1. The highest BCUT2D eigenvalue weighted by Gasteiger charge is 2.44. The van der Waals surface area contributed by atoms with Gasteiger partial charge in [-0.05, 0) is 24.7 Å². The largest absolute Gasteiger partial charge is 0.378 e. The van der Waals surface area contributed by atoms with Gasteiger partial charge in [0.2, 0.25) is 0 Å². The Kier molecular flexibility index (Phi) is 3.57. The molecule has 0 aromatic carbocycles. The lowest BCUT2D eigenvalue weighted by atomic mass is 9.77. The van der Waals surface area contributed by atoms with Gasteiger partial charge in [0.25, 0.3) is 0 Å². The molecule has 1 spiro atoms. The maximum absolute atomic E-state index is 6.08. The van der Waals surface area contributed by atoms with E-state index in [4.69, 9.17) is 9.47 Å². The Labute approximate surface area is 98.9 Å². The molecule has 0 aromatic rings. The van der Waals surface area contributed by atoms with Crippen molar-refractivity contribution < 1.29 is 9.47 Å². The van der Waals surface area contributed by atoms with Gasteiger partial charge in [-0.2, -0.15) is 0 Å². The van der Waals surface area contributed by atoms with E-state index in [1.807, 2.05) is 0 Å². The molecule has 0 saturated carbocycles. The molecule has 2 heterocycles. The predicted octanol–water partition coefficient (Wildman–Crippen LogP) is 1.96. The first-order valence-electron chi connectivity index (χ1n) is 6.47. The molecule has 2 aliphatic heterocycles. The molecular formula is C13H25NO2. The monoisotopic (exact) mass is 227 g/mol. The number of rotatable bonds is 1. The summed E-state index contributed by atoms with van der Waals surface area (Å²) in [4.78, 5) is 0. The minimum absolute atomic E-state index is 0.0518. The smallest absolute Gasteiger partial charge is 0.107 e. The highest BCUT2D eigenvalue weighted by molar-refractivity contribution is 4.99. The third-order valence-corrected chi connectivity index (χ3v) is 3.57. The van der Waals surface area contributed by atoms with Crippen molar-refractivity contribution in [3.8, 4) is 0 Å². The molecule has 2 rings (SSSR count). The van der Waals surface area contributed by atoms with Crippen molar-refractivity contribution in [2.75, 3.05) is 26.4 Å². The third-order valence-electron chi connectivity index (χ3n) is 3.57. The number of hydrogen-bond acceptors (Lipinski definition) is 3. The molecule has 16 heavy (non-hydrogen) atoms. The number of ether oxygens (including phenoxy) is 2. The Bertz CT molecular complexity index is 220. The zero-order chi connectivity index (χ0) is 11.6. The summed E-state index contributed by atoms with van der Waals surface area (Å²) in [6, 6.07) is 0.446. The topological polar surface area (TPSA) is 30.5 Å². The fraction of sp³-hybridized carbons (Fsp3) is 1.00. The van der Waals surface area contributed by atoms with Crippen LogP contribution in [0.1, 0.15) is 40.0 Å². The highest BCUT2D eigenvalue weighted by Crippen LogP contribution is 2.35. The molecule has 2 unspecified atom stereocenters. The van der Waals surface area contributed by atoms with Crippen LogP contribution in [0.2, 0.25) is 0 Å². The minimum atomic E-state index is -0.0518. The normalized spacial score (nSPS) is 36.6. The molecule has 1 N–H and O–H groups in total. The quantitative estimate of drug-likeness (QED) is 0.743. The molecule has 3 nitrogen and oxygen atoms in total. The molecule has 0 aromatic heterocycles. The van der Waals surface area contributed by atoms with Gasteiger partial charge in [-0.1, -0.05) is 20.8 Å². The average molecular weight is 227 g/mol. The number of hydrogen-bond donors (Lipinski definition) is 1. The maximum atomic E-state index is 6.08. The van der Waals surface area contributed by atoms with E-state index in [0.717, 1.165) is 45.6 Å². The first-order valence-corrected chi connectivity index (χ1v) is 6.47. The van der Waals surface area contributed by atoms with Gasteiger partial charge >= 0.3 is 0 Å². The molecule has 2 fully saturated rings. The third kappa shape index (κ3) is 2.76. The van der Waals surface area contributed by atoms with Crippen LogP contribution in [0, 0.1) is 5.41 Å². The molecule has 3 heteroatoms. The van der Waals surface area contributed by atoms with Gasteiger partial charge in [0.1, 0.15) is 5.60 Å². The van der Waals surface area contributed by atoms with E-state index in [9.17, 15) is 0 Å². The first kappa shape index (κ1) is 12.3. The van der Waals surface area contributed by atoms with Gasteiger partial charge in [-0.15, -0.1) is 0 Å². The summed E-state index contributed by atoms with van der Waals surface area (Å²) < 4.78 is 11.7. The Morgan fingerprint density at radius 2 is 2.12 bits per heavy atom. The molecule has 0 aliphatic carbocycles. The molecular weight excluding hydrogens is 202 g/mol. The fourth-order valence-electron chi connectivity index (χ4n) is 2.82. The summed E-state index contributed by atoms with van der Waals surface area (Å²) in [5.74, 6) is 0. The number of nitrogens with one attached hydrogen (secondary N) is 1. The first-order chi connectivity index (χ1) is 7.52. The van der Waals surface area contributed by atoms with Crippen LogP contribution in [0.25, 0.3) is 0 Å². The summed E-state index contributed by atoms with van der Waals surface area (Å²) in [5.41, 5.74) is 0.284. The van der Waals surface area contributed by atoms with Crippen LogP contribution in [-0.2, 0) is 9.47 Å². The summed E-state index contributed by atoms with van der Waals surface area (Å²) in [7, 11) is 0. The Morgan fingerprint density at radius 1 is 1.31 bits per heavy atom. The predicted molar refractivity (Wildman–Crippen MR) is 64.6 cm³/mol. The highest BCUT2D eigenvalue weighted by atomic mass is 16.5. The lowest BCUT2D eigenvalue weighted by molar-refractivity contribution is -0.168. The van der Waals surface area contributed by atoms with Gasteiger partial charge in [-0.3, -0.25) is 0 Å². The van der Waals surface area contributed by atoms with Crippen LogP contribution in [0.4, 0.5) is 0 Å². The molecule has 94 valence electrons. The van der Waals surface area contributed by atoms with E-state index in [2.05, 4.69) is 26.1 Å². The van der Waals surface area contributed by atoms with Crippen molar-refractivity contribution >= 4 is 0 Å². The molecule has 0 radical (unpaired) electrons. The summed E-state index contributed by atoms with van der Waals surface area (Å²) >= 11 is 0. The molecule has 0 amide bonds. The van der Waals surface area contributed by atoms with E-state index in [-0.39, 0.29) is 5.60 Å². The molecule has 2 atom stereocenters. The van der Waals surface area contributed by atoms with E-state index in [0.29, 0.717) is 11.5 Å². The van der Waals surface area contributed by atoms with Crippen LogP contribution in [0.15, 0.2) is 0 Å². The summed E-state index contributed by atoms with van der Waals surface area (Å²) in [5, 5.41) is 3.63. The van der Waals surface area contributed by atoms with Gasteiger partial charge in [0.05, 0.1) is 13.2 Å². The SMILES string of the molecule is CC(C)(C)CC1NCCOC12CCCOC2. The second-order valence-electron chi connectivity index (χ2n) is 6.34. The molecule has 2 aliphatic rings. The fourth-order valence-corrected chi connectivity index (χ4v) is 2.82. The van der Waals surface area contributed by atoms with E-state index < -0.39 is 0 Å². The van der Waals surface area contributed by atoms with Crippen molar-refractivity contribution in [1.82, 2.24) is 5.32 Å². The Balaban J connectivity index is 2.06. The van der Waals surface area contributed by atoms with E-state index in [1.54, 1.807) is 0 Å². The van der Waals surface area contributed by atoms with Crippen molar-refractivity contribution in [3.05, 3.63) is 0 Å². The second kappa shape index (κ2) is 4.63. The molecule has 0 bridgehead atoms.